The van der Waals surface area contributed by atoms with Gasteiger partial charge in [-0.3, -0.25) is 4.79 Å². The Morgan fingerprint density at radius 2 is 1.90 bits per heavy atom. The molecule has 1 unspecified atom stereocenters. The molecule has 0 spiro atoms. The van der Waals surface area contributed by atoms with Gasteiger partial charge in [0, 0.05) is 45.0 Å². The Hall–Kier alpha value is -1.93. The van der Waals surface area contributed by atoms with E-state index in [1.54, 1.807) is 0 Å². The van der Waals surface area contributed by atoms with Crippen molar-refractivity contribution >= 4 is 17.7 Å². The van der Waals surface area contributed by atoms with Gasteiger partial charge < -0.3 is 25.2 Å². The summed E-state index contributed by atoms with van der Waals surface area (Å²) in [6, 6.07) is 1.92. The van der Waals surface area contributed by atoms with Crippen LogP contribution < -0.4 is 10.6 Å². The minimum Gasteiger partial charge on any atom is -0.367 e. The first-order chi connectivity index (χ1) is 14.1. The molecule has 3 fully saturated rings. The Bertz CT molecular complexity index is 702. The van der Waals surface area contributed by atoms with Gasteiger partial charge in [-0.25, -0.2) is 4.98 Å². The maximum Gasteiger partial charge on any atom is 0.248 e. The third kappa shape index (κ3) is 5.79. The van der Waals surface area contributed by atoms with E-state index in [2.05, 4.69) is 25.5 Å². The summed E-state index contributed by atoms with van der Waals surface area (Å²) in [6.45, 7) is 7.93. The van der Waals surface area contributed by atoms with Gasteiger partial charge in [0.15, 0.2) is 0 Å². The van der Waals surface area contributed by atoms with Crippen molar-refractivity contribution < 1.29 is 9.53 Å². The van der Waals surface area contributed by atoms with Crippen LogP contribution in [0.25, 0.3) is 0 Å². The highest BCUT2D eigenvalue weighted by Gasteiger charge is 2.31. The maximum absolute atomic E-state index is 12.4. The quantitative estimate of drug-likeness (QED) is 0.683. The van der Waals surface area contributed by atoms with E-state index < -0.39 is 0 Å². The Labute approximate surface area is 173 Å². The molecule has 1 aromatic rings. The van der Waals surface area contributed by atoms with Crippen LogP contribution in [0.3, 0.4) is 0 Å². The molecule has 8 nitrogen and oxygen atoms in total. The van der Waals surface area contributed by atoms with E-state index in [9.17, 15) is 4.79 Å². The summed E-state index contributed by atoms with van der Waals surface area (Å²) in [7, 11) is 1.81. The number of amides is 1. The Kier molecular flexibility index (Phi) is 6.50. The molecule has 1 atom stereocenters. The molecule has 1 amide bonds. The molecule has 2 aliphatic heterocycles. The van der Waals surface area contributed by atoms with Crippen LogP contribution in [0.4, 0.5) is 11.8 Å². The van der Waals surface area contributed by atoms with Crippen LogP contribution in [0.15, 0.2) is 6.07 Å². The number of aromatic nitrogens is 2. The summed E-state index contributed by atoms with van der Waals surface area (Å²) in [5.74, 6) is 3.07. The molecular weight excluding hydrogens is 368 g/mol. The van der Waals surface area contributed by atoms with Gasteiger partial charge in [-0.05, 0) is 57.5 Å². The third-order valence-corrected chi connectivity index (χ3v) is 6.21. The van der Waals surface area contributed by atoms with Crippen molar-refractivity contribution in [3.63, 3.8) is 0 Å². The van der Waals surface area contributed by atoms with Gasteiger partial charge in [0.05, 0.1) is 6.10 Å². The first kappa shape index (κ1) is 20.3. The Morgan fingerprint density at radius 3 is 2.62 bits per heavy atom. The molecule has 1 aromatic heterocycles. The molecule has 160 valence electrons. The topological polar surface area (TPSA) is 82.6 Å². The average Bonchev–Trinajstić information content (AvgIpc) is 3.53. The number of carbonyl (C=O) groups is 1. The number of piperidine rings is 1. The number of carbonyl (C=O) groups excluding carboxylic acids is 1. The molecule has 8 heteroatoms. The zero-order valence-electron chi connectivity index (χ0n) is 17.7. The first-order valence-corrected chi connectivity index (χ1v) is 11.0. The fourth-order valence-corrected chi connectivity index (χ4v) is 4.30. The predicted octanol–water partition coefficient (Wildman–Crippen LogP) is 1.59. The van der Waals surface area contributed by atoms with E-state index in [1.165, 1.54) is 45.3 Å². The van der Waals surface area contributed by atoms with Gasteiger partial charge in [-0.1, -0.05) is 0 Å². The average molecular weight is 403 g/mol. The molecule has 3 heterocycles. The fraction of sp³-hybridized carbons (Fsp3) is 0.762. The highest BCUT2D eigenvalue weighted by atomic mass is 16.5. The second-order valence-electron chi connectivity index (χ2n) is 8.77. The van der Waals surface area contributed by atoms with Crippen LogP contribution in [0.1, 0.15) is 31.4 Å². The van der Waals surface area contributed by atoms with Gasteiger partial charge in [0.25, 0.3) is 0 Å². The van der Waals surface area contributed by atoms with Gasteiger partial charge in [-0.15, -0.1) is 0 Å². The molecule has 29 heavy (non-hydrogen) atoms. The number of rotatable bonds is 8. The first-order valence-electron chi connectivity index (χ1n) is 11.0. The van der Waals surface area contributed by atoms with Crippen LogP contribution in [0.5, 0.6) is 0 Å². The van der Waals surface area contributed by atoms with Crippen molar-refractivity contribution in [3.05, 3.63) is 11.8 Å². The van der Waals surface area contributed by atoms with Crippen LogP contribution in [-0.4, -0.2) is 84.7 Å². The highest BCUT2D eigenvalue weighted by Crippen LogP contribution is 2.31. The summed E-state index contributed by atoms with van der Waals surface area (Å²) in [4.78, 5) is 25.7. The van der Waals surface area contributed by atoms with Gasteiger partial charge in [-0.2, -0.15) is 4.98 Å². The lowest BCUT2D eigenvalue weighted by Crippen LogP contribution is -2.51. The second-order valence-corrected chi connectivity index (χ2v) is 8.77. The molecule has 1 saturated carbocycles. The monoisotopic (exact) mass is 402 g/mol. The summed E-state index contributed by atoms with van der Waals surface area (Å²) >= 11 is 0. The van der Waals surface area contributed by atoms with Crippen molar-refractivity contribution in [1.29, 1.82) is 0 Å². The summed E-state index contributed by atoms with van der Waals surface area (Å²) in [5, 5.41) is 6.31. The van der Waals surface area contributed by atoms with Gasteiger partial charge in [0.2, 0.25) is 11.9 Å². The lowest BCUT2D eigenvalue weighted by molar-refractivity contribution is -0.149. The third-order valence-electron chi connectivity index (χ3n) is 6.21. The Morgan fingerprint density at radius 1 is 1.14 bits per heavy atom. The zero-order chi connectivity index (χ0) is 20.2. The van der Waals surface area contributed by atoms with E-state index in [1.807, 2.05) is 24.9 Å². The van der Waals surface area contributed by atoms with Crippen LogP contribution in [0.2, 0.25) is 0 Å². The number of nitrogens with one attached hydrogen (secondary N) is 2. The molecule has 0 aromatic carbocycles. The van der Waals surface area contributed by atoms with E-state index in [0.29, 0.717) is 25.0 Å². The smallest absolute Gasteiger partial charge is 0.248 e. The summed E-state index contributed by atoms with van der Waals surface area (Å²) in [6.07, 6.45) is 5.22. The minimum atomic E-state index is -0.0176. The van der Waals surface area contributed by atoms with Gasteiger partial charge >= 0.3 is 0 Å². The number of ether oxygens (including phenoxy) is 1. The van der Waals surface area contributed by atoms with Crippen molar-refractivity contribution in [3.8, 4) is 0 Å². The SMILES string of the molecule is CNc1nc(C)cc(NCC2CN(CC3CCN(CC4CC4)CC3)C(=O)CO2)n1. The largest absolute Gasteiger partial charge is 0.367 e. The lowest BCUT2D eigenvalue weighted by Gasteiger charge is -2.38. The number of morpholine rings is 1. The molecule has 2 N–H and O–H groups in total. The number of anilines is 2. The maximum atomic E-state index is 12.4. The van der Waals surface area contributed by atoms with Crippen molar-refractivity contribution in [2.24, 2.45) is 11.8 Å². The van der Waals surface area contributed by atoms with Crippen LogP contribution in [-0.2, 0) is 9.53 Å². The molecule has 3 aliphatic rings. The van der Waals surface area contributed by atoms with Crippen molar-refractivity contribution in [1.82, 2.24) is 19.8 Å². The van der Waals surface area contributed by atoms with E-state index in [-0.39, 0.29) is 18.6 Å². The lowest BCUT2D eigenvalue weighted by atomic mass is 9.95. The summed E-state index contributed by atoms with van der Waals surface area (Å²) in [5.41, 5.74) is 0.904. The number of hydrogen-bond acceptors (Lipinski definition) is 7. The molecule has 0 bridgehead atoms. The molecule has 4 rings (SSSR count). The standard InChI is InChI=1S/C21H34N6O2/c1-15-9-19(25-21(22-2)24-15)23-10-18-13-27(20(28)14-29-18)12-17-5-7-26(8-6-17)11-16-3-4-16/h9,16-18H,3-8,10-14H2,1-2H3,(H2,22,23,24,25). The Balaban J connectivity index is 1.24. The molecule has 0 radical (unpaired) electrons. The van der Waals surface area contributed by atoms with E-state index in [0.717, 1.165) is 24.0 Å². The van der Waals surface area contributed by atoms with E-state index >= 15 is 0 Å². The van der Waals surface area contributed by atoms with Crippen LogP contribution >= 0.6 is 0 Å². The molecular formula is C21H34N6O2. The minimum absolute atomic E-state index is 0.0176. The number of likely N-dealkylation sites (tertiary alicyclic amines) is 1. The number of hydrogen-bond donors (Lipinski definition) is 2. The van der Waals surface area contributed by atoms with Gasteiger partial charge in [0.1, 0.15) is 12.4 Å². The zero-order valence-corrected chi connectivity index (χ0v) is 17.7. The van der Waals surface area contributed by atoms with Crippen molar-refractivity contribution in [2.75, 3.05) is 63.6 Å². The molecule has 1 aliphatic carbocycles. The molecule has 2 saturated heterocycles. The number of aryl methyl sites for hydroxylation is 1. The van der Waals surface area contributed by atoms with E-state index in [4.69, 9.17) is 4.74 Å². The fourth-order valence-electron chi connectivity index (χ4n) is 4.30. The second kappa shape index (κ2) is 9.26. The van der Waals surface area contributed by atoms with Crippen LogP contribution in [0, 0.1) is 18.8 Å². The predicted molar refractivity (Wildman–Crippen MR) is 113 cm³/mol. The normalized spacial score (nSPS) is 24.0. The summed E-state index contributed by atoms with van der Waals surface area (Å²) < 4.78 is 5.76. The van der Waals surface area contributed by atoms with Crippen molar-refractivity contribution in [2.45, 2.75) is 38.7 Å². The highest BCUT2D eigenvalue weighted by molar-refractivity contribution is 5.78. The number of nitrogens with zero attached hydrogens (tertiary/aromatic N) is 4.